The maximum Gasteiger partial charge on any atom is 0.416 e. The van der Waals surface area contributed by atoms with Crippen molar-refractivity contribution in [1.82, 2.24) is 10.2 Å². The van der Waals surface area contributed by atoms with Crippen molar-refractivity contribution in [3.8, 4) is 0 Å². The summed E-state index contributed by atoms with van der Waals surface area (Å²) < 4.78 is 46.1. The molecule has 1 amide bonds. The van der Waals surface area contributed by atoms with Crippen LogP contribution in [0, 0.1) is 11.3 Å². The number of carbonyl (C=O) groups is 1. The van der Waals surface area contributed by atoms with E-state index in [1.165, 1.54) is 6.07 Å². The molecule has 1 spiro atoms. The Bertz CT molecular complexity index is 836. The molecule has 0 aromatic heterocycles. The topological polar surface area (TPSA) is 41.6 Å². The van der Waals surface area contributed by atoms with Crippen LogP contribution in [0.1, 0.15) is 55.7 Å². The molecule has 0 bridgehead atoms. The van der Waals surface area contributed by atoms with Gasteiger partial charge in [-0.05, 0) is 61.6 Å². The monoisotopic (exact) mass is 422 g/mol. The smallest absolute Gasteiger partial charge is 0.381 e. The number of fused-ring (bicyclic) bond motifs is 2. The molecule has 5 rings (SSSR count). The number of hydrogen-bond donors (Lipinski definition) is 1. The molecule has 164 valence electrons. The summed E-state index contributed by atoms with van der Waals surface area (Å²) in [4.78, 5) is 15.3. The Morgan fingerprint density at radius 1 is 1.17 bits per heavy atom. The lowest BCUT2D eigenvalue weighted by molar-refractivity contribution is -0.142. The molecule has 0 radical (unpaired) electrons. The first-order valence-corrected chi connectivity index (χ1v) is 11.1. The third-order valence-electron chi connectivity index (χ3n) is 8.11. The van der Waals surface area contributed by atoms with Gasteiger partial charge in [-0.2, -0.15) is 13.2 Å². The second-order valence-electron chi connectivity index (χ2n) is 9.58. The third-order valence-corrected chi connectivity index (χ3v) is 8.11. The minimum absolute atomic E-state index is 0.00434. The molecule has 2 saturated heterocycles. The molecule has 4 atom stereocenters. The summed E-state index contributed by atoms with van der Waals surface area (Å²) in [6.45, 7) is 3.78. The molecule has 1 N–H and O–H groups in total. The van der Waals surface area contributed by atoms with E-state index in [9.17, 15) is 18.0 Å². The first-order valence-electron chi connectivity index (χ1n) is 11.1. The normalized spacial score (nSPS) is 34.5. The van der Waals surface area contributed by atoms with Crippen molar-refractivity contribution in [2.24, 2.45) is 11.3 Å². The lowest BCUT2D eigenvalue weighted by atomic mass is 9.73. The van der Waals surface area contributed by atoms with E-state index in [-0.39, 0.29) is 30.0 Å². The van der Waals surface area contributed by atoms with Gasteiger partial charge in [0.2, 0.25) is 5.91 Å². The zero-order valence-corrected chi connectivity index (χ0v) is 17.3. The van der Waals surface area contributed by atoms with E-state index in [0.717, 1.165) is 56.9 Å². The van der Waals surface area contributed by atoms with Crippen LogP contribution in [-0.4, -0.2) is 42.1 Å². The van der Waals surface area contributed by atoms with Crippen molar-refractivity contribution in [2.75, 3.05) is 13.2 Å². The van der Waals surface area contributed by atoms with E-state index < -0.39 is 17.2 Å². The van der Waals surface area contributed by atoms with Crippen LogP contribution in [-0.2, 0) is 28.7 Å². The number of rotatable bonds is 2. The van der Waals surface area contributed by atoms with Gasteiger partial charge >= 0.3 is 6.18 Å². The van der Waals surface area contributed by atoms with E-state index in [4.69, 9.17) is 4.74 Å². The fourth-order valence-electron chi connectivity index (χ4n) is 6.44. The van der Waals surface area contributed by atoms with Crippen molar-refractivity contribution in [3.05, 3.63) is 34.9 Å². The second kappa shape index (κ2) is 7.23. The maximum absolute atomic E-state index is 13.6. The van der Waals surface area contributed by atoms with Crippen molar-refractivity contribution < 1.29 is 22.7 Å². The van der Waals surface area contributed by atoms with Gasteiger partial charge in [0.05, 0.1) is 11.0 Å². The van der Waals surface area contributed by atoms with Crippen LogP contribution in [0.2, 0.25) is 0 Å². The fourth-order valence-corrected chi connectivity index (χ4v) is 6.44. The average Bonchev–Trinajstić information content (AvgIpc) is 3.23. The lowest BCUT2D eigenvalue weighted by Crippen LogP contribution is -2.42. The highest BCUT2D eigenvalue weighted by Gasteiger charge is 2.60. The third kappa shape index (κ3) is 3.16. The molecular formula is C23H29F3N2O2. The van der Waals surface area contributed by atoms with E-state index in [1.807, 2.05) is 0 Å². The average molecular weight is 422 g/mol. The molecule has 30 heavy (non-hydrogen) atoms. The standard InChI is InChI=1S/C23H29F3N2O2/c1-14-20-11-15-3-2-4-19(23(24,25)26)18(15)13-28(20)21(29)22(14)8-5-17(12-22)27-16-6-9-30-10-7-16/h2-4,14,16-17,20,27H,5-13H2,1H3. The molecule has 1 aliphatic carbocycles. The number of halogens is 3. The van der Waals surface area contributed by atoms with Crippen LogP contribution in [0.4, 0.5) is 13.2 Å². The number of alkyl halides is 3. The molecule has 4 unspecified atom stereocenters. The van der Waals surface area contributed by atoms with Gasteiger partial charge in [0, 0.05) is 37.9 Å². The van der Waals surface area contributed by atoms with Crippen molar-refractivity contribution >= 4 is 5.91 Å². The van der Waals surface area contributed by atoms with Crippen LogP contribution < -0.4 is 5.32 Å². The summed E-state index contributed by atoms with van der Waals surface area (Å²) in [5, 5.41) is 3.74. The molecule has 4 nitrogen and oxygen atoms in total. The molecule has 1 aromatic rings. The van der Waals surface area contributed by atoms with Gasteiger partial charge in [0.25, 0.3) is 0 Å². The second-order valence-corrected chi connectivity index (χ2v) is 9.58. The predicted molar refractivity (Wildman–Crippen MR) is 106 cm³/mol. The largest absolute Gasteiger partial charge is 0.416 e. The minimum atomic E-state index is -4.39. The summed E-state index contributed by atoms with van der Waals surface area (Å²) in [6, 6.07) is 5.17. The van der Waals surface area contributed by atoms with Gasteiger partial charge in [-0.25, -0.2) is 0 Å². The van der Waals surface area contributed by atoms with Crippen LogP contribution in [0.25, 0.3) is 0 Å². The number of carbonyl (C=O) groups excluding carboxylic acids is 1. The molecule has 3 aliphatic heterocycles. The fraction of sp³-hybridized carbons (Fsp3) is 0.696. The summed E-state index contributed by atoms with van der Waals surface area (Å²) in [7, 11) is 0. The molecule has 7 heteroatoms. The zero-order chi connectivity index (χ0) is 21.1. The quantitative estimate of drug-likeness (QED) is 0.786. The van der Waals surface area contributed by atoms with E-state index in [1.54, 1.807) is 11.0 Å². The van der Waals surface area contributed by atoms with Crippen LogP contribution in [0.5, 0.6) is 0 Å². The summed E-state index contributed by atoms with van der Waals surface area (Å²) in [5.74, 6) is 0.216. The van der Waals surface area contributed by atoms with E-state index in [0.29, 0.717) is 18.5 Å². The number of benzene rings is 1. The van der Waals surface area contributed by atoms with Crippen LogP contribution in [0.3, 0.4) is 0 Å². The number of hydrogen-bond acceptors (Lipinski definition) is 3. The number of nitrogens with zero attached hydrogens (tertiary/aromatic N) is 1. The van der Waals surface area contributed by atoms with Gasteiger partial charge in [-0.1, -0.05) is 19.1 Å². The van der Waals surface area contributed by atoms with Gasteiger partial charge in [0.15, 0.2) is 0 Å². The Balaban J connectivity index is 1.37. The zero-order valence-electron chi connectivity index (χ0n) is 17.3. The Labute approximate surface area is 175 Å². The highest BCUT2D eigenvalue weighted by molar-refractivity contribution is 5.87. The summed E-state index contributed by atoms with van der Waals surface area (Å²) in [5.41, 5.74) is 0.00483. The highest BCUT2D eigenvalue weighted by Crippen LogP contribution is 2.55. The lowest BCUT2D eigenvalue weighted by Gasteiger charge is -2.34. The van der Waals surface area contributed by atoms with Gasteiger partial charge in [-0.3, -0.25) is 4.79 Å². The predicted octanol–water partition coefficient (Wildman–Crippen LogP) is 3.92. The molecule has 3 heterocycles. The maximum atomic E-state index is 13.6. The number of amides is 1. The van der Waals surface area contributed by atoms with E-state index in [2.05, 4.69) is 12.2 Å². The molecule has 4 aliphatic rings. The Morgan fingerprint density at radius 3 is 2.67 bits per heavy atom. The van der Waals surface area contributed by atoms with Gasteiger partial charge < -0.3 is 15.0 Å². The Hall–Kier alpha value is -1.60. The molecule has 3 fully saturated rings. The molecular weight excluding hydrogens is 393 g/mol. The summed E-state index contributed by atoms with van der Waals surface area (Å²) >= 11 is 0. The van der Waals surface area contributed by atoms with Crippen molar-refractivity contribution in [2.45, 2.75) is 76.3 Å². The number of nitrogens with one attached hydrogen (secondary N) is 1. The van der Waals surface area contributed by atoms with Crippen LogP contribution in [0.15, 0.2) is 18.2 Å². The van der Waals surface area contributed by atoms with Crippen molar-refractivity contribution in [1.29, 1.82) is 0 Å². The van der Waals surface area contributed by atoms with E-state index >= 15 is 0 Å². The van der Waals surface area contributed by atoms with Gasteiger partial charge in [0.1, 0.15) is 0 Å². The van der Waals surface area contributed by atoms with Crippen LogP contribution >= 0.6 is 0 Å². The molecule has 1 aromatic carbocycles. The Morgan fingerprint density at radius 2 is 1.93 bits per heavy atom. The first kappa shape index (κ1) is 20.3. The van der Waals surface area contributed by atoms with Crippen molar-refractivity contribution in [3.63, 3.8) is 0 Å². The SMILES string of the molecule is CC1C2Cc3cccc(C(F)(F)F)c3CN2C(=O)C12CCC(NC1CCOCC1)C2. The highest BCUT2D eigenvalue weighted by atomic mass is 19.4. The molecule has 1 saturated carbocycles. The number of ether oxygens (including phenoxy) is 1. The Kier molecular flexibility index (Phi) is 4.89. The first-order chi connectivity index (χ1) is 14.3. The minimum Gasteiger partial charge on any atom is -0.381 e. The summed E-state index contributed by atoms with van der Waals surface area (Å²) in [6.07, 6.45) is 0.689. The van der Waals surface area contributed by atoms with Gasteiger partial charge in [-0.15, -0.1) is 0 Å².